The Morgan fingerprint density at radius 1 is 0.911 bits per heavy atom. The maximum atomic E-state index is 15.6. The van der Waals surface area contributed by atoms with Crippen molar-refractivity contribution in [2.75, 3.05) is 39.4 Å². The van der Waals surface area contributed by atoms with Gasteiger partial charge in [0, 0.05) is 85.3 Å². The monoisotopic (exact) mass is 1090 g/mol. The minimum Gasteiger partial charge on any atom is -0.458 e. The van der Waals surface area contributed by atoms with E-state index in [0.717, 1.165) is 16.7 Å². The average Bonchev–Trinajstić information content (AvgIpc) is 4.09. The third-order valence-electron chi connectivity index (χ3n) is 15.5. The molecule has 0 saturated heterocycles. The highest BCUT2D eigenvalue weighted by Crippen LogP contribution is 2.47. The molecule has 20 heteroatoms. The molecular weight excluding hydrogens is 1020 g/mol. The molecule has 5 heterocycles. The summed E-state index contributed by atoms with van der Waals surface area (Å²) in [5, 5.41) is 17.3. The van der Waals surface area contributed by atoms with Crippen LogP contribution in [0.15, 0.2) is 58.9 Å². The van der Waals surface area contributed by atoms with Gasteiger partial charge in [-0.25, -0.2) is 14.2 Å². The third kappa shape index (κ3) is 12.5. The number of ether oxygens (including phenoxy) is 2. The Morgan fingerprint density at radius 3 is 2.39 bits per heavy atom. The number of pyridine rings is 2. The second kappa shape index (κ2) is 25.0. The van der Waals surface area contributed by atoms with Crippen LogP contribution >= 0.6 is 0 Å². The van der Waals surface area contributed by atoms with Crippen molar-refractivity contribution in [3.8, 4) is 11.4 Å². The summed E-state index contributed by atoms with van der Waals surface area (Å²) >= 11 is 0. The van der Waals surface area contributed by atoms with Gasteiger partial charge in [-0.2, -0.15) is 0 Å². The van der Waals surface area contributed by atoms with Crippen molar-refractivity contribution in [2.45, 2.75) is 136 Å². The lowest BCUT2D eigenvalue weighted by molar-refractivity contribution is -0.172. The summed E-state index contributed by atoms with van der Waals surface area (Å²) in [5.41, 5.74) is 2.71. The van der Waals surface area contributed by atoms with Crippen molar-refractivity contribution in [3.63, 3.8) is 0 Å². The zero-order valence-electron chi connectivity index (χ0n) is 45.1. The van der Waals surface area contributed by atoms with Crippen LogP contribution in [0.3, 0.4) is 0 Å². The number of nitrogens with zero attached hydrogens (tertiary/aromatic N) is 4. The molecule has 0 radical (unpaired) electrons. The number of nitrogens with one attached hydrogen (secondary N) is 2. The summed E-state index contributed by atoms with van der Waals surface area (Å²) in [7, 11) is 0. The number of cyclic esters (lactones) is 1. The average molecular weight is 1090 g/mol. The second-order valence-electron chi connectivity index (χ2n) is 20.9. The quantitative estimate of drug-likeness (QED) is 0.0355. The third-order valence-corrected chi connectivity index (χ3v) is 15.5. The van der Waals surface area contributed by atoms with Crippen LogP contribution < -0.4 is 16.2 Å². The highest BCUT2D eigenvalue weighted by atomic mass is 19.1. The van der Waals surface area contributed by atoms with Crippen LogP contribution in [0.5, 0.6) is 0 Å². The lowest BCUT2D eigenvalue weighted by Crippen LogP contribution is -2.44. The highest BCUT2D eigenvalue weighted by Gasteiger charge is 2.46. The summed E-state index contributed by atoms with van der Waals surface area (Å²) in [6.45, 7) is 5.98. The molecule has 5 amide bonds. The number of rotatable bonds is 27. The van der Waals surface area contributed by atoms with Gasteiger partial charge in [-0.1, -0.05) is 50.6 Å². The molecule has 3 N–H and O–H groups in total. The molecule has 418 valence electrons. The van der Waals surface area contributed by atoms with E-state index in [0.29, 0.717) is 84.1 Å². The molecule has 3 aliphatic heterocycles. The molecule has 3 atom stereocenters. The number of amides is 5. The van der Waals surface area contributed by atoms with Gasteiger partial charge < -0.3 is 34.7 Å². The molecule has 0 bridgehead atoms. The molecule has 2 aromatic carbocycles. The van der Waals surface area contributed by atoms with Gasteiger partial charge >= 0.3 is 5.97 Å². The van der Waals surface area contributed by atoms with Crippen LogP contribution in [0.25, 0.3) is 22.3 Å². The molecule has 4 aromatic rings. The largest absolute Gasteiger partial charge is 0.458 e. The minimum absolute atomic E-state index is 0.0198. The van der Waals surface area contributed by atoms with Gasteiger partial charge in [0.1, 0.15) is 24.8 Å². The number of halogens is 1. The Hall–Kier alpha value is -7.58. The van der Waals surface area contributed by atoms with Crippen molar-refractivity contribution >= 4 is 63.8 Å². The van der Waals surface area contributed by atoms with Gasteiger partial charge in [0.25, 0.3) is 17.4 Å². The molecule has 0 spiro atoms. The van der Waals surface area contributed by atoms with E-state index in [1.165, 1.54) is 21.6 Å². The fourth-order valence-corrected chi connectivity index (χ4v) is 11.2. The van der Waals surface area contributed by atoms with Crippen LogP contribution in [0, 0.1) is 18.7 Å². The van der Waals surface area contributed by atoms with E-state index in [1.54, 1.807) is 43.9 Å². The van der Waals surface area contributed by atoms with E-state index in [1.807, 2.05) is 25.1 Å². The predicted octanol–water partition coefficient (Wildman–Crippen LogP) is 5.00. The van der Waals surface area contributed by atoms with Crippen LogP contribution in [-0.4, -0.2) is 117 Å². The number of ketones is 3. The number of carbonyl (C=O) groups excluding carboxylic acids is 9. The standard InChI is InChI=1S/C59H67FN6O13/c1-5-21-64(47-18-17-41-35(4)45(60)28-46-52(41)53(47)42-31-66-48(54(42)63-46)27-44-43(57(66)75)32-79-58(76)59(44,77)6-2)51(72)33-78-23-20-39(68)29-62-55(73)37(25-36-13-9-7-10-14-36)26-40(69)30-61-49(70)19-16-38(67)15-11-8-12-22-65-50(71)24-34(3)56(65)74/h7,9-10,13-14,24,27-28,37,47,77H,5-6,8,11-12,15-23,25-26,29-33H2,1-4H3,(H,61,70)(H,62,73)/t37-,47+,59+/m1/s1. The maximum Gasteiger partial charge on any atom is 0.343 e. The zero-order chi connectivity index (χ0) is 56.7. The molecule has 4 aliphatic rings. The van der Waals surface area contributed by atoms with E-state index < -0.39 is 52.5 Å². The molecule has 0 saturated carbocycles. The first-order valence-electron chi connectivity index (χ1n) is 27.2. The summed E-state index contributed by atoms with van der Waals surface area (Å²) in [6, 6.07) is 11.5. The first-order valence-corrected chi connectivity index (χ1v) is 27.2. The fourth-order valence-electron chi connectivity index (χ4n) is 11.2. The van der Waals surface area contributed by atoms with Gasteiger partial charge in [-0.05, 0) is 87.1 Å². The number of aliphatic hydroxyl groups is 1. The normalized spacial score (nSPS) is 17.4. The number of esters is 1. The lowest BCUT2D eigenvalue weighted by atomic mass is 9.81. The number of aryl methyl sites for hydroxylation is 1. The molecule has 2 aromatic heterocycles. The molecule has 1 aliphatic carbocycles. The number of carbonyl (C=O) groups is 9. The van der Waals surface area contributed by atoms with Gasteiger partial charge in [0.05, 0.1) is 54.8 Å². The Kier molecular flexibility index (Phi) is 18.3. The topological polar surface area (TPSA) is 258 Å². The summed E-state index contributed by atoms with van der Waals surface area (Å²) in [6.07, 6.45) is 4.33. The van der Waals surface area contributed by atoms with Crippen LogP contribution in [-0.2, 0) is 84.2 Å². The number of benzene rings is 2. The van der Waals surface area contributed by atoms with Gasteiger partial charge in [0.15, 0.2) is 17.2 Å². The second-order valence-corrected chi connectivity index (χ2v) is 20.9. The minimum atomic E-state index is -2.05. The van der Waals surface area contributed by atoms with Gasteiger partial charge in [-0.3, -0.25) is 48.1 Å². The number of hydrogen-bond donors (Lipinski definition) is 3. The van der Waals surface area contributed by atoms with Gasteiger partial charge in [-0.15, -0.1) is 0 Å². The smallest absolute Gasteiger partial charge is 0.343 e. The Morgan fingerprint density at radius 2 is 1.67 bits per heavy atom. The number of fused-ring (bicyclic) bond motifs is 5. The van der Waals surface area contributed by atoms with Crippen molar-refractivity contribution in [1.29, 1.82) is 0 Å². The first-order chi connectivity index (χ1) is 37.8. The number of Topliss-reactive ketones (excluding diaryl/α,β-unsaturated/α-hetero) is 3. The van der Waals surface area contributed by atoms with Crippen LogP contribution in [0.1, 0.15) is 136 Å². The Bertz CT molecular complexity index is 3220. The van der Waals surface area contributed by atoms with E-state index in [4.69, 9.17) is 14.5 Å². The van der Waals surface area contributed by atoms with Gasteiger partial charge in [0.2, 0.25) is 17.7 Å². The fraction of sp³-hybridized carbons (Fsp3) is 0.475. The van der Waals surface area contributed by atoms with Crippen LogP contribution in [0.4, 0.5) is 4.39 Å². The lowest BCUT2D eigenvalue weighted by Gasteiger charge is -2.37. The molecule has 19 nitrogen and oxygen atoms in total. The van der Waals surface area contributed by atoms with Crippen molar-refractivity contribution in [3.05, 3.63) is 109 Å². The van der Waals surface area contributed by atoms with E-state index >= 15 is 4.39 Å². The Balaban J connectivity index is 0.835. The molecule has 79 heavy (non-hydrogen) atoms. The number of aromatic nitrogens is 2. The SMILES string of the molecule is CCCN(C(=O)COCCC(=O)CNC(=O)[C@@H](CC(=O)CNC(=O)CCC(=O)CCCCCN1C(=O)C=C(C)C1=O)Cc1ccccc1)[C@H]1CCc2c(C)c(F)cc3nc4c(c1c23)Cn1c-4cc2c(c1=O)COC(=O)[C@]2(O)CC. The van der Waals surface area contributed by atoms with E-state index in [9.17, 15) is 53.1 Å². The highest BCUT2D eigenvalue weighted by molar-refractivity contribution is 6.15. The number of unbranched alkanes of at least 4 members (excludes halogenated alkanes) is 2. The Labute approximate surface area is 456 Å². The summed E-state index contributed by atoms with van der Waals surface area (Å²) < 4.78 is 28.2. The molecular formula is C59H67FN6O13. The molecule has 0 unspecified atom stereocenters. The number of hydrogen-bond acceptors (Lipinski definition) is 14. The van der Waals surface area contributed by atoms with Crippen molar-refractivity contribution < 1.29 is 62.1 Å². The predicted molar refractivity (Wildman–Crippen MR) is 285 cm³/mol. The molecule has 8 rings (SSSR count). The van der Waals surface area contributed by atoms with Crippen LogP contribution in [0.2, 0.25) is 0 Å². The maximum absolute atomic E-state index is 15.6. The summed E-state index contributed by atoms with van der Waals surface area (Å²) in [4.78, 5) is 138. The zero-order valence-corrected chi connectivity index (χ0v) is 45.1. The molecule has 0 fully saturated rings. The van der Waals surface area contributed by atoms with E-state index in [-0.39, 0.29) is 131 Å². The van der Waals surface area contributed by atoms with Crippen molar-refractivity contribution in [1.82, 2.24) is 30.0 Å². The van der Waals surface area contributed by atoms with E-state index in [2.05, 4.69) is 10.6 Å². The van der Waals surface area contributed by atoms with Crippen molar-refractivity contribution in [2.24, 2.45) is 5.92 Å². The summed E-state index contributed by atoms with van der Waals surface area (Å²) in [5.74, 6) is -5.14. The number of imide groups is 1. The first kappa shape index (κ1) is 57.6.